The van der Waals surface area contributed by atoms with Crippen molar-refractivity contribution in [1.82, 2.24) is 0 Å². The Morgan fingerprint density at radius 1 is 1.35 bits per heavy atom. The summed E-state index contributed by atoms with van der Waals surface area (Å²) in [4.78, 5) is 22.4. The average Bonchev–Trinajstić information content (AvgIpc) is 2.75. The fourth-order valence-electron chi connectivity index (χ4n) is 2.92. The van der Waals surface area contributed by atoms with Crippen LogP contribution in [0.3, 0.4) is 0 Å². The van der Waals surface area contributed by atoms with E-state index in [1.54, 1.807) is 12.2 Å². The lowest BCUT2D eigenvalue weighted by Gasteiger charge is -2.17. The number of unbranched alkanes of at least 4 members (excludes halogenated alkanes) is 1. The van der Waals surface area contributed by atoms with Crippen LogP contribution in [-0.2, 0) is 9.59 Å². The van der Waals surface area contributed by atoms with Crippen molar-refractivity contribution in [2.75, 3.05) is 0 Å². The summed E-state index contributed by atoms with van der Waals surface area (Å²) in [5.74, 6) is -1.29. The Labute approximate surface area is 137 Å². The van der Waals surface area contributed by atoms with E-state index in [1.165, 1.54) is 0 Å². The Balaban J connectivity index is 2.48. The largest absolute Gasteiger partial charge is 0.481 e. The van der Waals surface area contributed by atoms with Crippen molar-refractivity contribution in [2.45, 2.75) is 64.1 Å². The van der Waals surface area contributed by atoms with Gasteiger partial charge in [-0.25, -0.2) is 0 Å². The number of allylic oxidation sites excluding steroid dienone is 3. The van der Waals surface area contributed by atoms with Crippen molar-refractivity contribution in [3.05, 3.63) is 24.3 Å². The second-order valence-electron chi connectivity index (χ2n) is 6.13. The summed E-state index contributed by atoms with van der Waals surface area (Å²) in [7, 11) is 0. The van der Waals surface area contributed by atoms with Gasteiger partial charge in [-0.15, -0.1) is 0 Å². The van der Waals surface area contributed by atoms with Crippen LogP contribution in [0, 0.1) is 11.8 Å². The summed E-state index contributed by atoms with van der Waals surface area (Å²) in [6.45, 7) is 2.03. The van der Waals surface area contributed by atoms with E-state index in [9.17, 15) is 19.8 Å². The van der Waals surface area contributed by atoms with E-state index in [1.807, 2.05) is 19.1 Å². The van der Waals surface area contributed by atoms with Crippen LogP contribution < -0.4 is 0 Å². The Hall–Kier alpha value is -1.46. The predicted octanol–water partition coefficient (Wildman–Crippen LogP) is 2.47. The molecule has 0 bridgehead atoms. The Bertz CT molecular complexity index is 441. The molecule has 1 fully saturated rings. The average molecular weight is 324 g/mol. The first-order chi connectivity index (χ1) is 11.0. The molecule has 0 aliphatic heterocycles. The molecular weight excluding hydrogens is 296 g/mol. The van der Waals surface area contributed by atoms with Crippen molar-refractivity contribution in [1.29, 1.82) is 0 Å². The number of carboxylic acid groups (broad SMARTS) is 1. The molecule has 0 spiro atoms. The highest BCUT2D eigenvalue weighted by atomic mass is 16.4. The molecule has 5 nitrogen and oxygen atoms in total. The molecule has 0 unspecified atom stereocenters. The maximum Gasteiger partial charge on any atom is 0.303 e. The first-order valence-electron chi connectivity index (χ1n) is 8.39. The number of aliphatic hydroxyl groups is 2. The SMILES string of the molecule is CC/C=C\C[C@@H]1[C@H](O)CC(=O)[C@@H]1/C=C/[C@@H](O)CCCCC(=O)O. The molecule has 1 aliphatic rings. The quantitative estimate of drug-likeness (QED) is 0.424. The molecule has 1 aliphatic carbocycles. The van der Waals surface area contributed by atoms with Crippen LogP contribution in [0.25, 0.3) is 0 Å². The fraction of sp³-hybridized carbons (Fsp3) is 0.667. The van der Waals surface area contributed by atoms with E-state index >= 15 is 0 Å². The normalized spacial score (nSPS) is 26.4. The zero-order valence-corrected chi connectivity index (χ0v) is 13.7. The van der Waals surface area contributed by atoms with Gasteiger partial charge in [0.1, 0.15) is 5.78 Å². The lowest BCUT2D eigenvalue weighted by atomic mass is 9.90. The van der Waals surface area contributed by atoms with Crippen LogP contribution in [0.5, 0.6) is 0 Å². The molecule has 3 N–H and O–H groups in total. The molecule has 130 valence electrons. The Morgan fingerprint density at radius 3 is 2.74 bits per heavy atom. The molecule has 5 heteroatoms. The number of carbonyl (C=O) groups excluding carboxylic acids is 1. The molecule has 1 saturated carbocycles. The molecule has 0 heterocycles. The smallest absolute Gasteiger partial charge is 0.303 e. The van der Waals surface area contributed by atoms with Gasteiger partial charge >= 0.3 is 5.97 Å². The lowest BCUT2D eigenvalue weighted by molar-refractivity contribution is -0.137. The van der Waals surface area contributed by atoms with Crippen molar-refractivity contribution in [3.8, 4) is 0 Å². The molecule has 0 aromatic carbocycles. The molecule has 1 rings (SSSR count). The first-order valence-corrected chi connectivity index (χ1v) is 8.39. The van der Waals surface area contributed by atoms with Gasteiger partial charge in [-0.2, -0.15) is 0 Å². The number of ketones is 1. The first kappa shape index (κ1) is 19.6. The molecule has 0 radical (unpaired) electrons. The van der Waals surface area contributed by atoms with Gasteiger partial charge in [-0.1, -0.05) is 31.2 Å². The van der Waals surface area contributed by atoms with Crippen molar-refractivity contribution in [2.24, 2.45) is 11.8 Å². The summed E-state index contributed by atoms with van der Waals surface area (Å²) < 4.78 is 0. The molecular formula is C18H28O5. The van der Waals surface area contributed by atoms with Crippen LogP contribution >= 0.6 is 0 Å². The Kier molecular flexibility index (Phi) is 8.81. The van der Waals surface area contributed by atoms with Crippen molar-refractivity contribution >= 4 is 11.8 Å². The van der Waals surface area contributed by atoms with E-state index in [0.29, 0.717) is 25.7 Å². The monoisotopic (exact) mass is 324 g/mol. The summed E-state index contributed by atoms with van der Waals surface area (Å²) >= 11 is 0. The summed E-state index contributed by atoms with van der Waals surface area (Å²) in [6.07, 6.45) is 9.54. The van der Waals surface area contributed by atoms with Crippen LogP contribution in [0.1, 0.15) is 51.9 Å². The van der Waals surface area contributed by atoms with Crippen molar-refractivity contribution < 1.29 is 24.9 Å². The van der Waals surface area contributed by atoms with Crippen LogP contribution in [0.4, 0.5) is 0 Å². The van der Waals surface area contributed by atoms with Gasteiger partial charge in [0.25, 0.3) is 0 Å². The summed E-state index contributed by atoms with van der Waals surface area (Å²) in [5.41, 5.74) is 0. The third kappa shape index (κ3) is 7.10. The third-order valence-electron chi connectivity index (χ3n) is 4.23. The van der Waals surface area contributed by atoms with Gasteiger partial charge in [0.15, 0.2) is 0 Å². The number of rotatable bonds is 10. The highest BCUT2D eigenvalue weighted by Crippen LogP contribution is 2.33. The van der Waals surface area contributed by atoms with E-state index in [0.717, 1.165) is 6.42 Å². The van der Waals surface area contributed by atoms with Gasteiger partial charge in [0.2, 0.25) is 0 Å². The van der Waals surface area contributed by atoms with Gasteiger partial charge in [0.05, 0.1) is 12.2 Å². The fourth-order valence-corrected chi connectivity index (χ4v) is 2.92. The number of Topliss-reactive ketones (excluding diaryl/α,β-unsaturated/α-hetero) is 1. The molecule has 23 heavy (non-hydrogen) atoms. The Morgan fingerprint density at radius 2 is 2.09 bits per heavy atom. The highest BCUT2D eigenvalue weighted by Gasteiger charge is 2.39. The molecule has 0 aromatic rings. The zero-order chi connectivity index (χ0) is 17.2. The van der Waals surface area contributed by atoms with Crippen LogP contribution in [0.2, 0.25) is 0 Å². The van der Waals surface area contributed by atoms with Gasteiger partial charge in [0, 0.05) is 24.7 Å². The van der Waals surface area contributed by atoms with E-state index in [-0.39, 0.29) is 30.5 Å². The summed E-state index contributed by atoms with van der Waals surface area (Å²) in [5, 5.41) is 28.5. The maximum absolute atomic E-state index is 12.0. The van der Waals surface area contributed by atoms with Crippen LogP contribution in [0.15, 0.2) is 24.3 Å². The van der Waals surface area contributed by atoms with Crippen LogP contribution in [-0.4, -0.2) is 39.3 Å². The topological polar surface area (TPSA) is 94.8 Å². The summed E-state index contributed by atoms with van der Waals surface area (Å²) in [6, 6.07) is 0. The van der Waals surface area contributed by atoms with Gasteiger partial charge < -0.3 is 15.3 Å². The standard InChI is InChI=1S/C18H28O5/c1-2-3-4-8-14-15(17(21)12-16(14)20)11-10-13(19)7-5-6-9-18(22)23/h3-4,10-11,13-16,19-20H,2,5-9,12H2,1H3,(H,22,23)/b4-3-,11-10+/t13-,14-,15+,16+/m0/s1. The zero-order valence-electron chi connectivity index (χ0n) is 13.7. The van der Waals surface area contributed by atoms with Gasteiger partial charge in [-0.3, -0.25) is 9.59 Å². The number of carbonyl (C=O) groups is 2. The third-order valence-corrected chi connectivity index (χ3v) is 4.23. The minimum absolute atomic E-state index is 0.0155. The van der Waals surface area contributed by atoms with E-state index < -0.39 is 18.2 Å². The van der Waals surface area contributed by atoms with Crippen molar-refractivity contribution in [3.63, 3.8) is 0 Å². The molecule has 0 amide bonds. The number of aliphatic carboxylic acids is 1. The van der Waals surface area contributed by atoms with E-state index in [2.05, 4.69) is 0 Å². The highest BCUT2D eigenvalue weighted by molar-refractivity contribution is 5.86. The van der Waals surface area contributed by atoms with E-state index in [4.69, 9.17) is 5.11 Å². The number of hydrogen-bond donors (Lipinski definition) is 3. The second-order valence-corrected chi connectivity index (χ2v) is 6.13. The minimum Gasteiger partial charge on any atom is -0.481 e. The molecule has 0 saturated heterocycles. The number of aliphatic hydroxyl groups excluding tert-OH is 2. The molecule has 4 atom stereocenters. The predicted molar refractivity (Wildman–Crippen MR) is 87.9 cm³/mol. The molecule has 0 aromatic heterocycles. The maximum atomic E-state index is 12.0. The number of hydrogen-bond acceptors (Lipinski definition) is 4. The van der Waals surface area contributed by atoms with Gasteiger partial charge in [-0.05, 0) is 32.1 Å². The number of carboxylic acids is 1. The second kappa shape index (κ2) is 10.3. The lowest BCUT2D eigenvalue weighted by Crippen LogP contribution is -2.19. The minimum atomic E-state index is -0.830.